The number of H-pyrrole nitrogens is 1. The highest BCUT2D eigenvalue weighted by Crippen LogP contribution is 2.37. The van der Waals surface area contributed by atoms with E-state index >= 15 is 0 Å². The fraction of sp³-hybridized carbons (Fsp3) is 0.238. The van der Waals surface area contributed by atoms with Crippen molar-refractivity contribution in [3.8, 4) is 17.5 Å². The van der Waals surface area contributed by atoms with Crippen molar-refractivity contribution in [1.82, 2.24) is 9.97 Å². The minimum atomic E-state index is -4.61. The Labute approximate surface area is 187 Å². The number of aromatic amines is 1. The maximum Gasteiger partial charge on any atom is 0.417 e. The second-order valence-electron chi connectivity index (χ2n) is 6.81. The molecule has 3 rings (SSSR count). The number of halogens is 7. The number of hydrogen-bond donors (Lipinski definition) is 1. The van der Waals surface area contributed by atoms with Gasteiger partial charge in [0.15, 0.2) is 0 Å². The molecule has 0 aliphatic heterocycles. The Morgan fingerprint density at radius 2 is 1.64 bits per heavy atom. The minimum Gasteiger partial charge on any atom is -0.464 e. The molecular weight excluding hydrogens is 478 g/mol. The molecule has 0 aliphatic carbocycles. The van der Waals surface area contributed by atoms with Crippen molar-refractivity contribution in [1.29, 1.82) is 0 Å². The Balaban J connectivity index is 1.55. The van der Waals surface area contributed by atoms with Gasteiger partial charge in [-0.25, -0.2) is 0 Å². The summed E-state index contributed by atoms with van der Waals surface area (Å²) < 4.78 is 86.7. The number of nitrogens with one attached hydrogen (secondary N) is 1. The van der Waals surface area contributed by atoms with Crippen molar-refractivity contribution >= 4 is 11.6 Å². The molecule has 0 atom stereocenters. The van der Waals surface area contributed by atoms with Gasteiger partial charge in [-0.15, -0.1) is 0 Å². The smallest absolute Gasteiger partial charge is 0.417 e. The van der Waals surface area contributed by atoms with Crippen molar-refractivity contribution in [3.63, 3.8) is 0 Å². The first-order chi connectivity index (χ1) is 15.4. The molecule has 0 radical (unpaired) electrons. The van der Waals surface area contributed by atoms with Crippen molar-refractivity contribution in [2.24, 2.45) is 0 Å². The average Bonchev–Trinajstić information content (AvgIpc) is 2.71. The number of alkyl halides is 6. The lowest BCUT2D eigenvalue weighted by molar-refractivity contribution is -0.137. The first-order valence-electron chi connectivity index (χ1n) is 9.32. The van der Waals surface area contributed by atoms with E-state index in [1.54, 1.807) is 24.3 Å². The second-order valence-corrected chi connectivity index (χ2v) is 7.22. The standard InChI is InChI=1S/C21H15ClF6N2O3/c22-17-6-5-15(9-16(17)21(26,27)28)33-14-3-1-12(2-4-14)7-8-32-19-29-11-13(18(31)30-19)10-20(23,24)25/h1-6,9,11H,7-8,10H2,(H,29,30,31). The van der Waals surface area contributed by atoms with E-state index in [1.165, 1.54) is 6.07 Å². The highest BCUT2D eigenvalue weighted by molar-refractivity contribution is 6.31. The SMILES string of the molecule is O=c1nc(OCCc2ccc(Oc3ccc(Cl)c(C(F)(F)F)c3)cc2)[nH]cc1CC(F)(F)F. The summed E-state index contributed by atoms with van der Waals surface area (Å²) in [5.74, 6) is 0.258. The maximum atomic E-state index is 12.9. The Hall–Kier alpha value is -3.21. The molecule has 0 aliphatic rings. The fourth-order valence-electron chi connectivity index (χ4n) is 2.73. The van der Waals surface area contributed by atoms with Gasteiger partial charge < -0.3 is 14.5 Å². The molecule has 176 valence electrons. The van der Waals surface area contributed by atoms with Crippen LogP contribution in [0.5, 0.6) is 17.5 Å². The summed E-state index contributed by atoms with van der Waals surface area (Å²) in [5, 5.41) is -0.434. The van der Waals surface area contributed by atoms with Crippen LogP contribution in [0, 0.1) is 0 Å². The van der Waals surface area contributed by atoms with Crippen molar-refractivity contribution in [2.45, 2.75) is 25.2 Å². The average molecular weight is 493 g/mol. The van der Waals surface area contributed by atoms with Gasteiger partial charge in [0.25, 0.3) is 11.6 Å². The molecule has 1 heterocycles. The van der Waals surface area contributed by atoms with Gasteiger partial charge in [-0.05, 0) is 35.9 Å². The van der Waals surface area contributed by atoms with Gasteiger partial charge in [-0.1, -0.05) is 23.7 Å². The summed E-state index contributed by atoms with van der Waals surface area (Å²) in [4.78, 5) is 17.5. The van der Waals surface area contributed by atoms with E-state index in [9.17, 15) is 31.1 Å². The molecule has 0 saturated heterocycles. The van der Waals surface area contributed by atoms with E-state index < -0.39 is 40.5 Å². The Bertz CT molecular complexity index is 1160. The molecule has 2 aromatic carbocycles. The van der Waals surface area contributed by atoms with E-state index in [2.05, 4.69) is 9.97 Å². The summed E-state index contributed by atoms with van der Waals surface area (Å²) in [7, 11) is 0. The maximum absolute atomic E-state index is 12.9. The zero-order valence-corrected chi connectivity index (χ0v) is 17.3. The van der Waals surface area contributed by atoms with Crippen LogP contribution in [0.3, 0.4) is 0 Å². The van der Waals surface area contributed by atoms with E-state index in [-0.39, 0.29) is 18.4 Å². The van der Waals surface area contributed by atoms with Crippen LogP contribution in [-0.4, -0.2) is 22.8 Å². The molecule has 5 nitrogen and oxygen atoms in total. The van der Waals surface area contributed by atoms with Gasteiger partial charge in [0, 0.05) is 18.2 Å². The van der Waals surface area contributed by atoms with Gasteiger partial charge in [-0.3, -0.25) is 4.79 Å². The number of rotatable bonds is 7. The summed E-state index contributed by atoms with van der Waals surface area (Å²) in [6.45, 7) is 0.0634. The lowest BCUT2D eigenvalue weighted by Crippen LogP contribution is -2.22. The van der Waals surface area contributed by atoms with Crippen LogP contribution in [0.4, 0.5) is 26.3 Å². The molecule has 0 bridgehead atoms. The highest BCUT2D eigenvalue weighted by Gasteiger charge is 2.33. The summed E-state index contributed by atoms with van der Waals surface area (Å²) in [5.41, 5.74) is -1.79. The molecule has 0 fully saturated rings. The summed E-state index contributed by atoms with van der Waals surface area (Å²) >= 11 is 5.58. The molecule has 1 N–H and O–H groups in total. The number of hydrogen-bond acceptors (Lipinski definition) is 4. The third-order valence-corrected chi connectivity index (χ3v) is 4.60. The van der Waals surface area contributed by atoms with E-state index in [0.717, 1.165) is 23.9 Å². The van der Waals surface area contributed by atoms with Crippen LogP contribution in [0.1, 0.15) is 16.7 Å². The molecule has 0 saturated carbocycles. The summed E-state index contributed by atoms with van der Waals surface area (Å²) in [6.07, 6.45) is -9.27. The Morgan fingerprint density at radius 1 is 0.970 bits per heavy atom. The topological polar surface area (TPSA) is 64.2 Å². The lowest BCUT2D eigenvalue weighted by Gasteiger charge is -2.12. The third kappa shape index (κ3) is 7.14. The van der Waals surface area contributed by atoms with Crippen molar-refractivity contribution in [2.75, 3.05) is 6.61 Å². The van der Waals surface area contributed by atoms with Crippen LogP contribution in [0.25, 0.3) is 0 Å². The molecule has 0 amide bonds. The van der Waals surface area contributed by atoms with Gasteiger partial charge in [-0.2, -0.15) is 31.3 Å². The van der Waals surface area contributed by atoms with Crippen LogP contribution in [0.2, 0.25) is 5.02 Å². The number of nitrogens with zero attached hydrogens (tertiary/aromatic N) is 1. The molecule has 3 aromatic rings. The van der Waals surface area contributed by atoms with E-state index in [1.807, 2.05) is 0 Å². The molecular formula is C21H15ClF6N2O3. The second kappa shape index (κ2) is 9.74. The van der Waals surface area contributed by atoms with E-state index in [0.29, 0.717) is 12.2 Å². The first kappa shape index (κ1) is 24.4. The van der Waals surface area contributed by atoms with Crippen molar-refractivity contribution < 1.29 is 35.8 Å². The van der Waals surface area contributed by atoms with Crippen LogP contribution < -0.4 is 15.0 Å². The lowest BCUT2D eigenvalue weighted by atomic mass is 10.1. The van der Waals surface area contributed by atoms with Gasteiger partial charge in [0.1, 0.15) is 11.5 Å². The molecule has 1 aromatic heterocycles. The molecule has 33 heavy (non-hydrogen) atoms. The summed E-state index contributed by atoms with van der Waals surface area (Å²) in [6, 6.07) is 9.40. The molecule has 0 unspecified atom stereocenters. The van der Waals surface area contributed by atoms with Gasteiger partial charge >= 0.3 is 12.4 Å². The number of benzene rings is 2. The largest absolute Gasteiger partial charge is 0.464 e. The predicted molar refractivity (Wildman–Crippen MR) is 107 cm³/mol. The zero-order chi connectivity index (χ0) is 24.2. The van der Waals surface area contributed by atoms with Crippen LogP contribution >= 0.6 is 11.6 Å². The van der Waals surface area contributed by atoms with Crippen LogP contribution in [0.15, 0.2) is 53.5 Å². The molecule has 12 heteroatoms. The molecule has 0 spiro atoms. The monoisotopic (exact) mass is 492 g/mol. The van der Waals surface area contributed by atoms with Gasteiger partial charge in [0.05, 0.1) is 23.6 Å². The normalized spacial score (nSPS) is 12.0. The predicted octanol–water partition coefficient (Wildman–Crippen LogP) is 5.96. The number of aromatic nitrogens is 2. The third-order valence-electron chi connectivity index (χ3n) is 4.27. The first-order valence-corrected chi connectivity index (χ1v) is 9.70. The fourth-order valence-corrected chi connectivity index (χ4v) is 2.96. The van der Waals surface area contributed by atoms with Crippen molar-refractivity contribution in [3.05, 3.63) is 80.7 Å². The highest BCUT2D eigenvalue weighted by atomic mass is 35.5. The van der Waals surface area contributed by atoms with Gasteiger partial charge in [0.2, 0.25) is 0 Å². The van der Waals surface area contributed by atoms with E-state index in [4.69, 9.17) is 21.1 Å². The Morgan fingerprint density at radius 3 is 2.24 bits per heavy atom. The quantitative estimate of drug-likeness (QED) is 0.413. The van der Waals surface area contributed by atoms with Crippen LogP contribution in [-0.2, 0) is 19.0 Å². The minimum absolute atomic E-state index is 0.0354. The zero-order valence-electron chi connectivity index (χ0n) is 16.6. The Kier molecular flexibility index (Phi) is 7.21. The number of ether oxygens (including phenoxy) is 2.